The molecule has 1 aliphatic rings. The molecule has 5 heterocycles. The fourth-order valence-corrected chi connectivity index (χ4v) is 6.56. The number of fused-ring (bicyclic) bond motifs is 3. The lowest BCUT2D eigenvalue weighted by Gasteiger charge is -2.25. The van der Waals surface area contributed by atoms with Crippen molar-refractivity contribution in [1.29, 1.82) is 0 Å². The number of nitrogens with one attached hydrogen (secondary N) is 2. The number of carbonyl (C=O) groups is 1. The van der Waals surface area contributed by atoms with E-state index in [2.05, 4.69) is 25.4 Å². The lowest BCUT2D eigenvalue weighted by molar-refractivity contribution is 0.0888. The van der Waals surface area contributed by atoms with E-state index in [9.17, 15) is 19.0 Å². The molecule has 0 saturated carbocycles. The van der Waals surface area contributed by atoms with Crippen LogP contribution in [0.1, 0.15) is 10.4 Å². The molecular formula is C25H23FN6O4S. The average Bonchev–Trinajstić information content (AvgIpc) is 3.53. The van der Waals surface area contributed by atoms with E-state index in [1.54, 1.807) is 41.3 Å². The summed E-state index contributed by atoms with van der Waals surface area (Å²) in [5.74, 6) is -1.22. The number of hydrogen-bond acceptors (Lipinski definition) is 7. The van der Waals surface area contributed by atoms with E-state index in [4.69, 9.17) is 0 Å². The number of aliphatic hydroxyl groups excluding tert-OH is 1. The number of amides is 1. The lowest BCUT2D eigenvalue weighted by atomic mass is 9.99. The van der Waals surface area contributed by atoms with Gasteiger partial charge in [0.1, 0.15) is 11.5 Å². The Hall–Kier alpha value is -3.84. The number of hydrogen-bond donors (Lipinski definition) is 5. The van der Waals surface area contributed by atoms with Crippen LogP contribution in [-0.4, -0.2) is 68.5 Å². The van der Waals surface area contributed by atoms with Gasteiger partial charge in [-0.25, -0.2) is 9.37 Å². The molecule has 1 aromatic carbocycles. The van der Waals surface area contributed by atoms with Crippen LogP contribution in [-0.2, 0) is 7.05 Å². The van der Waals surface area contributed by atoms with Crippen molar-refractivity contribution in [3.63, 3.8) is 0 Å². The summed E-state index contributed by atoms with van der Waals surface area (Å²) in [5.41, 5.74) is 3.92. The van der Waals surface area contributed by atoms with Crippen molar-refractivity contribution < 1.29 is 23.4 Å². The summed E-state index contributed by atoms with van der Waals surface area (Å²) in [7, 11) is -1.08. The van der Waals surface area contributed by atoms with Gasteiger partial charge in [0.15, 0.2) is 0 Å². The van der Waals surface area contributed by atoms with E-state index in [1.165, 1.54) is 0 Å². The van der Waals surface area contributed by atoms with Crippen molar-refractivity contribution >= 4 is 38.4 Å². The van der Waals surface area contributed by atoms with E-state index in [0.29, 0.717) is 38.9 Å². The molecule has 1 saturated heterocycles. The highest BCUT2D eigenvalue weighted by Crippen LogP contribution is 2.45. The SMILES string of the molecule is Cn1cc(-c2cc3c(cn2)[nH]c2ncc(F)c(-c4ccc(C(=O)N[C@H]5CS(O)(O)C[C@H]5O)cc4)c23)cn1. The van der Waals surface area contributed by atoms with Crippen LogP contribution in [0.4, 0.5) is 4.39 Å². The first-order chi connectivity index (χ1) is 17.7. The number of aliphatic hydroxyl groups is 1. The molecule has 0 bridgehead atoms. The molecule has 1 aliphatic heterocycles. The molecule has 0 radical (unpaired) electrons. The third kappa shape index (κ3) is 4.23. The number of benzene rings is 1. The monoisotopic (exact) mass is 522 g/mol. The molecule has 4 aromatic heterocycles. The Labute approximate surface area is 211 Å². The molecule has 5 aromatic rings. The van der Waals surface area contributed by atoms with E-state index in [0.717, 1.165) is 17.1 Å². The molecule has 0 aliphatic carbocycles. The number of pyridine rings is 2. The molecule has 1 amide bonds. The van der Waals surface area contributed by atoms with E-state index in [-0.39, 0.29) is 11.5 Å². The fraction of sp³-hybridized carbons (Fsp3) is 0.200. The summed E-state index contributed by atoms with van der Waals surface area (Å²) in [6.07, 6.45) is 5.36. The molecule has 12 heteroatoms. The van der Waals surface area contributed by atoms with Crippen molar-refractivity contribution in [2.24, 2.45) is 7.05 Å². The molecule has 190 valence electrons. The van der Waals surface area contributed by atoms with E-state index >= 15 is 4.39 Å². The predicted molar refractivity (Wildman–Crippen MR) is 139 cm³/mol. The molecule has 2 atom stereocenters. The summed E-state index contributed by atoms with van der Waals surface area (Å²) in [5, 5.41) is 18.2. The zero-order chi connectivity index (χ0) is 25.9. The fourth-order valence-electron chi connectivity index (χ4n) is 4.76. The van der Waals surface area contributed by atoms with Crippen molar-refractivity contribution in [3.8, 4) is 22.4 Å². The molecule has 10 nitrogen and oxygen atoms in total. The third-order valence-electron chi connectivity index (χ3n) is 6.56. The molecule has 1 fully saturated rings. The number of carbonyl (C=O) groups excluding carboxylic acids is 1. The molecule has 5 N–H and O–H groups in total. The van der Waals surface area contributed by atoms with Crippen molar-refractivity contribution in [2.45, 2.75) is 12.1 Å². The van der Waals surface area contributed by atoms with Crippen LogP contribution in [0.25, 0.3) is 44.3 Å². The van der Waals surface area contributed by atoms with Crippen LogP contribution in [0.15, 0.2) is 55.1 Å². The topological polar surface area (TPSA) is 149 Å². The molecule has 0 unspecified atom stereocenters. The van der Waals surface area contributed by atoms with Crippen molar-refractivity contribution in [1.82, 2.24) is 30.0 Å². The lowest BCUT2D eigenvalue weighted by Crippen LogP contribution is -2.42. The van der Waals surface area contributed by atoms with Gasteiger partial charge in [-0.15, -0.1) is 0 Å². The maximum Gasteiger partial charge on any atom is 0.251 e. The first kappa shape index (κ1) is 23.6. The molecule has 0 spiro atoms. The summed E-state index contributed by atoms with van der Waals surface area (Å²) >= 11 is 0. The second-order valence-corrected chi connectivity index (χ2v) is 11.5. The number of rotatable bonds is 4. The Balaban J connectivity index is 1.37. The second kappa shape index (κ2) is 8.63. The minimum atomic E-state index is -2.90. The number of H-pyrrole nitrogens is 1. The molecular weight excluding hydrogens is 499 g/mol. The van der Waals surface area contributed by atoms with Gasteiger partial charge in [-0.1, -0.05) is 12.1 Å². The highest BCUT2D eigenvalue weighted by atomic mass is 32.3. The second-order valence-electron chi connectivity index (χ2n) is 9.21. The van der Waals surface area contributed by atoms with Gasteiger partial charge in [-0.3, -0.25) is 23.6 Å². The Kier molecular flexibility index (Phi) is 5.49. The standard InChI is InChI=1S/C25H23FN6O4S/c1-32-10-15(7-29-32)18-6-16-19(9-27-18)30-24-23(16)22(17(26)8-28-24)13-2-4-14(5-3-13)25(34)31-20-11-37(35,36)12-21(20)33/h2-10,20-21,33,35-36H,11-12H2,1H3,(H,28,30)(H,31,34)/t20-,21+/m0/s1. The van der Waals surface area contributed by atoms with Gasteiger partial charge in [-0.05, 0) is 23.8 Å². The van der Waals surface area contributed by atoms with Gasteiger partial charge in [0, 0.05) is 40.7 Å². The highest BCUT2D eigenvalue weighted by molar-refractivity contribution is 8.24. The molecule has 6 rings (SSSR count). The van der Waals surface area contributed by atoms with Crippen LogP contribution in [0.2, 0.25) is 0 Å². The van der Waals surface area contributed by atoms with Gasteiger partial charge in [0.2, 0.25) is 0 Å². The predicted octanol–water partition coefficient (Wildman–Crippen LogP) is 3.54. The molecule has 37 heavy (non-hydrogen) atoms. The normalized spacial score (nSPS) is 19.9. The largest absolute Gasteiger partial charge is 0.389 e. The quantitative estimate of drug-likeness (QED) is 0.242. The average molecular weight is 523 g/mol. The summed E-state index contributed by atoms with van der Waals surface area (Å²) in [6.45, 7) is 0. The smallest absolute Gasteiger partial charge is 0.251 e. The van der Waals surface area contributed by atoms with Crippen LogP contribution in [0, 0.1) is 5.82 Å². The Bertz CT molecular complexity index is 1670. The first-order valence-electron chi connectivity index (χ1n) is 11.5. The third-order valence-corrected chi connectivity index (χ3v) is 8.33. The number of aromatic nitrogens is 5. The number of aromatic amines is 1. The summed E-state index contributed by atoms with van der Waals surface area (Å²) in [4.78, 5) is 24.6. The number of halogens is 1. The van der Waals surface area contributed by atoms with Crippen LogP contribution in [0.3, 0.4) is 0 Å². The van der Waals surface area contributed by atoms with Gasteiger partial charge in [-0.2, -0.15) is 15.7 Å². The summed E-state index contributed by atoms with van der Waals surface area (Å²) < 4.78 is 36.5. The maximum atomic E-state index is 15.2. The van der Waals surface area contributed by atoms with E-state index in [1.807, 2.05) is 19.3 Å². The number of nitrogens with zero attached hydrogens (tertiary/aromatic N) is 4. The first-order valence-corrected chi connectivity index (χ1v) is 13.3. The van der Waals surface area contributed by atoms with Crippen LogP contribution < -0.4 is 5.32 Å². The maximum absolute atomic E-state index is 15.2. The summed E-state index contributed by atoms with van der Waals surface area (Å²) in [6, 6.07) is 7.54. The minimum absolute atomic E-state index is 0.0886. The highest BCUT2D eigenvalue weighted by Gasteiger charge is 2.37. The van der Waals surface area contributed by atoms with Crippen molar-refractivity contribution in [2.75, 3.05) is 11.5 Å². The van der Waals surface area contributed by atoms with Crippen molar-refractivity contribution in [3.05, 3.63) is 66.5 Å². The number of aryl methyl sites for hydroxylation is 1. The Morgan fingerprint density at radius 1 is 1.14 bits per heavy atom. The minimum Gasteiger partial charge on any atom is -0.389 e. The van der Waals surface area contributed by atoms with Gasteiger partial charge in [0.05, 0.1) is 53.5 Å². The Morgan fingerprint density at radius 2 is 1.92 bits per heavy atom. The van der Waals surface area contributed by atoms with Crippen LogP contribution >= 0.6 is 10.6 Å². The Morgan fingerprint density at radius 3 is 2.59 bits per heavy atom. The zero-order valence-corrected chi connectivity index (χ0v) is 20.4. The van der Waals surface area contributed by atoms with Gasteiger partial charge < -0.3 is 15.4 Å². The van der Waals surface area contributed by atoms with Crippen LogP contribution in [0.5, 0.6) is 0 Å². The van der Waals surface area contributed by atoms with E-state index < -0.39 is 34.5 Å². The van der Waals surface area contributed by atoms with Gasteiger partial charge >= 0.3 is 0 Å². The zero-order valence-electron chi connectivity index (χ0n) is 19.6. The van der Waals surface area contributed by atoms with Gasteiger partial charge in [0.25, 0.3) is 5.91 Å².